The number of nitrogens with one attached hydrogen (secondary N) is 1. The van der Waals surface area contributed by atoms with Gasteiger partial charge in [-0.1, -0.05) is 0 Å². The van der Waals surface area contributed by atoms with Crippen LogP contribution >= 0.6 is 0 Å². The summed E-state index contributed by atoms with van der Waals surface area (Å²) in [7, 11) is 0. The molecule has 0 amide bonds. The molecule has 1 aliphatic heterocycles. The normalized spacial score (nSPS) is 28.3. The van der Waals surface area contributed by atoms with Crippen LogP contribution < -0.4 is 17.0 Å². The summed E-state index contributed by atoms with van der Waals surface area (Å²) in [5.41, 5.74) is 3.90. The van der Waals surface area contributed by atoms with Crippen molar-refractivity contribution in [3.05, 3.63) is 27.2 Å². The minimum Gasteiger partial charge on any atom is -0.394 e. The van der Waals surface area contributed by atoms with E-state index in [9.17, 15) is 19.8 Å². The Bertz CT molecular complexity index is 832. The molecule has 2 aromatic heterocycles. The second-order valence-corrected chi connectivity index (χ2v) is 4.81. The van der Waals surface area contributed by atoms with Gasteiger partial charge < -0.3 is 30.8 Å². The van der Waals surface area contributed by atoms with E-state index in [1.54, 1.807) is 0 Å². The zero-order valence-corrected chi connectivity index (χ0v) is 11.1. The van der Waals surface area contributed by atoms with Crippen LogP contribution in [0.25, 0.3) is 11.0 Å². The van der Waals surface area contributed by atoms with E-state index in [1.807, 2.05) is 0 Å². The van der Waals surface area contributed by atoms with Crippen LogP contribution in [0.3, 0.4) is 0 Å². The molecule has 0 aliphatic carbocycles. The fourth-order valence-corrected chi connectivity index (χ4v) is 2.43. The van der Waals surface area contributed by atoms with Crippen LogP contribution in [-0.4, -0.2) is 59.8 Å². The van der Waals surface area contributed by atoms with E-state index in [0.717, 1.165) is 10.9 Å². The molecular formula is C11H13N5O6. The third-order valence-corrected chi connectivity index (χ3v) is 3.51. The first-order valence-electron chi connectivity index (χ1n) is 6.33. The number of rotatable bonds is 2. The Morgan fingerprint density at radius 2 is 2.09 bits per heavy atom. The van der Waals surface area contributed by atoms with Crippen molar-refractivity contribution in [1.29, 1.82) is 0 Å². The Labute approximate surface area is 121 Å². The van der Waals surface area contributed by atoms with Crippen LogP contribution in [0, 0.1) is 0 Å². The molecule has 3 heterocycles. The summed E-state index contributed by atoms with van der Waals surface area (Å²) >= 11 is 0. The molecule has 0 radical (unpaired) electrons. The lowest BCUT2D eigenvalue weighted by molar-refractivity contribution is -0.0529. The predicted octanol–water partition coefficient (Wildman–Crippen LogP) is -3.33. The van der Waals surface area contributed by atoms with E-state index < -0.39 is 42.4 Å². The predicted molar refractivity (Wildman–Crippen MR) is 71.8 cm³/mol. The summed E-state index contributed by atoms with van der Waals surface area (Å²) in [6.45, 7) is -0.558. The summed E-state index contributed by atoms with van der Waals surface area (Å²) < 4.78 is 6.09. The fourth-order valence-electron chi connectivity index (χ4n) is 2.43. The minimum absolute atomic E-state index is 0.139. The molecule has 3 rings (SSSR count). The molecule has 11 heteroatoms. The SMILES string of the molecule is Nc1nc(=O)n([C@@H]2O[C@H](CO)[C@@H](O)[C@H]2O)c2nc[nH]c(=O)c12. The van der Waals surface area contributed by atoms with E-state index in [2.05, 4.69) is 15.0 Å². The van der Waals surface area contributed by atoms with Gasteiger partial charge in [0.15, 0.2) is 11.9 Å². The number of anilines is 1. The van der Waals surface area contributed by atoms with Gasteiger partial charge in [0, 0.05) is 0 Å². The van der Waals surface area contributed by atoms with Crippen molar-refractivity contribution in [2.45, 2.75) is 24.5 Å². The average Bonchev–Trinajstić information content (AvgIpc) is 2.75. The molecule has 22 heavy (non-hydrogen) atoms. The molecule has 0 unspecified atom stereocenters. The zero-order chi connectivity index (χ0) is 16.0. The number of fused-ring (bicyclic) bond motifs is 1. The van der Waals surface area contributed by atoms with Gasteiger partial charge in [-0.15, -0.1) is 0 Å². The number of aliphatic hydroxyl groups excluding tert-OH is 3. The second kappa shape index (κ2) is 5.14. The highest BCUT2D eigenvalue weighted by Crippen LogP contribution is 2.29. The van der Waals surface area contributed by atoms with Crippen molar-refractivity contribution in [2.24, 2.45) is 0 Å². The molecule has 0 bridgehead atoms. The van der Waals surface area contributed by atoms with Crippen LogP contribution in [0.4, 0.5) is 5.82 Å². The first-order chi connectivity index (χ1) is 10.5. The van der Waals surface area contributed by atoms with Crippen molar-refractivity contribution in [1.82, 2.24) is 19.5 Å². The largest absolute Gasteiger partial charge is 0.394 e. The number of aromatic nitrogens is 4. The third kappa shape index (κ3) is 1.99. The van der Waals surface area contributed by atoms with Gasteiger partial charge in [-0.05, 0) is 0 Å². The summed E-state index contributed by atoms with van der Waals surface area (Å²) in [4.78, 5) is 33.6. The number of nitrogen functional groups attached to an aromatic ring is 1. The van der Waals surface area contributed by atoms with Gasteiger partial charge in [-0.25, -0.2) is 14.3 Å². The molecule has 118 valence electrons. The van der Waals surface area contributed by atoms with Gasteiger partial charge >= 0.3 is 5.69 Å². The van der Waals surface area contributed by atoms with Crippen molar-refractivity contribution < 1.29 is 20.1 Å². The zero-order valence-electron chi connectivity index (χ0n) is 11.1. The number of aromatic amines is 1. The molecule has 1 aliphatic rings. The molecule has 11 nitrogen and oxygen atoms in total. The van der Waals surface area contributed by atoms with E-state index in [0.29, 0.717) is 0 Å². The molecule has 0 saturated carbocycles. The number of hydrogen-bond donors (Lipinski definition) is 5. The lowest BCUT2D eigenvalue weighted by Gasteiger charge is -2.18. The Kier molecular flexibility index (Phi) is 3.41. The molecule has 0 spiro atoms. The van der Waals surface area contributed by atoms with E-state index in [1.165, 1.54) is 0 Å². The molecule has 4 atom stereocenters. The molecule has 6 N–H and O–H groups in total. The highest BCUT2D eigenvalue weighted by atomic mass is 16.6. The van der Waals surface area contributed by atoms with Gasteiger partial charge in [0.25, 0.3) is 5.56 Å². The molecule has 0 aromatic carbocycles. The monoisotopic (exact) mass is 311 g/mol. The first kappa shape index (κ1) is 14.6. The van der Waals surface area contributed by atoms with Crippen LogP contribution in [0.2, 0.25) is 0 Å². The van der Waals surface area contributed by atoms with Gasteiger partial charge in [0.05, 0.1) is 12.9 Å². The summed E-state index contributed by atoms with van der Waals surface area (Å²) in [6.07, 6.45) is -4.30. The lowest BCUT2D eigenvalue weighted by atomic mass is 10.1. The van der Waals surface area contributed by atoms with Crippen LogP contribution in [0.5, 0.6) is 0 Å². The molecule has 2 aromatic rings. The van der Waals surface area contributed by atoms with Crippen LogP contribution in [0.1, 0.15) is 6.23 Å². The number of aliphatic hydroxyl groups is 3. The number of H-pyrrole nitrogens is 1. The Balaban J connectivity index is 2.26. The topological polar surface area (TPSA) is 177 Å². The minimum atomic E-state index is -1.51. The number of hydrogen-bond acceptors (Lipinski definition) is 9. The van der Waals surface area contributed by atoms with E-state index in [-0.39, 0.29) is 16.9 Å². The Hall–Kier alpha value is -2.34. The summed E-state index contributed by atoms with van der Waals surface area (Å²) in [5.74, 6) is -0.308. The Morgan fingerprint density at radius 3 is 2.73 bits per heavy atom. The first-order valence-corrected chi connectivity index (χ1v) is 6.33. The fraction of sp³-hybridized carbons (Fsp3) is 0.455. The smallest absolute Gasteiger partial charge is 0.353 e. The van der Waals surface area contributed by atoms with Crippen molar-refractivity contribution >= 4 is 16.9 Å². The molecular weight excluding hydrogens is 298 g/mol. The van der Waals surface area contributed by atoms with Crippen LogP contribution in [0.15, 0.2) is 15.9 Å². The summed E-state index contributed by atoms with van der Waals surface area (Å²) in [6, 6.07) is 0. The van der Waals surface area contributed by atoms with Crippen molar-refractivity contribution in [3.8, 4) is 0 Å². The lowest BCUT2D eigenvalue weighted by Crippen LogP contribution is -2.37. The summed E-state index contributed by atoms with van der Waals surface area (Å²) in [5, 5.41) is 28.8. The number of nitrogens with zero attached hydrogens (tertiary/aromatic N) is 3. The highest BCUT2D eigenvalue weighted by molar-refractivity contribution is 5.84. The quantitative estimate of drug-likeness (QED) is 0.379. The third-order valence-electron chi connectivity index (χ3n) is 3.51. The average molecular weight is 311 g/mol. The Morgan fingerprint density at radius 1 is 1.36 bits per heavy atom. The van der Waals surface area contributed by atoms with E-state index in [4.69, 9.17) is 15.6 Å². The maximum atomic E-state index is 12.1. The van der Waals surface area contributed by atoms with Gasteiger partial charge in [0.1, 0.15) is 29.5 Å². The maximum Gasteiger partial charge on any atom is 0.353 e. The van der Waals surface area contributed by atoms with Crippen molar-refractivity contribution in [3.63, 3.8) is 0 Å². The number of nitrogens with two attached hydrogens (primary N) is 1. The second-order valence-electron chi connectivity index (χ2n) is 4.81. The van der Waals surface area contributed by atoms with Crippen molar-refractivity contribution in [2.75, 3.05) is 12.3 Å². The number of ether oxygens (including phenoxy) is 1. The van der Waals surface area contributed by atoms with Gasteiger partial charge in [-0.3, -0.25) is 4.79 Å². The van der Waals surface area contributed by atoms with Gasteiger partial charge in [-0.2, -0.15) is 4.98 Å². The highest BCUT2D eigenvalue weighted by Gasteiger charge is 2.44. The standard InChI is InChI=1S/C11H13N5O6/c12-7-4-8(13-2-14-9(4)20)16(11(21)15-7)10-6(19)5(18)3(1-17)22-10/h2-3,5-6,10,17-19H,1H2,(H2,12,15,21)(H,13,14,20)/t3-,5-,6-,10-/m1/s1. The van der Waals surface area contributed by atoms with Crippen LogP contribution in [-0.2, 0) is 4.74 Å². The van der Waals surface area contributed by atoms with Gasteiger partial charge in [0.2, 0.25) is 0 Å². The maximum absolute atomic E-state index is 12.1. The molecule has 1 fully saturated rings. The molecule has 1 saturated heterocycles. The van der Waals surface area contributed by atoms with E-state index >= 15 is 0 Å².